The summed E-state index contributed by atoms with van der Waals surface area (Å²) in [5.74, 6) is 2.42. The predicted molar refractivity (Wildman–Crippen MR) is 170 cm³/mol. The number of hydrogen-bond donors (Lipinski definition) is 3. The van der Waals surface area contributed by atoms with Crippen molar-refractivity contribution in [2.75, 3.05) is 37.6 Å². The van der Waals surface area contributed by atoms with Crippen molar-refractivity contribution in [2.45, 2.75) is 70.4 Å². The smallest absolute Gasteiger partial charge is 0.248 e. The van der Waals surface area contributed by atoms with Gasteiger partial charge in [-0.05, 0) is 87.2 Å². The van der Waals surface area contributed by atoms with Crippen molar-refractivity contribution < 1.29 is 14.1 Å². The molecule has 10 nitrogen and oxygen atoms in total. The minimum Gasteiger partial charge on any atom is -0.359 e. The van der Waals surface area contributed by atoms with Gasteiger partial charge in [-0.25, -0.2) is 0 Å². The molecule has 3 aliphatic rings. The Morgan fingerprint density at radius 1 is 1.07 bits per heavy atom. The number of anilines is 1. The molecule has 44 heavy (non-hydrogen) atoms. The molecule has 0 bridgehead atoms. The van der Waals surface area contributed by atoms with Crippen LogP contribution in [0.2, 0.25) is 0 Å². The maximum atomic E-state index is 14.0. The predicted octanol–water partition coefficient (Wildman–Crippen LogP) is 4.21. The lowest BCUT2D eigenvalue weighted by Gasteiger charge is -2.41. The van der Waals surface area contributed by atoms with Crippen molar-refractivity contribution >= 4 is 17.5 Å². The van der Waals surface area contributed by atoms with Gasteiger partial charge in [0.05, 0.1) is 11.7 Å². The monoisotopic (exact) mass is 601 g/mol. The molecule has 236 valence electrons. The molecular weight excluding hydrogens is 554 g/mol. The first kappa shape index (κ1) is 30.5. The van der Waals surface area contributed by atoms with Crippen LogP contribution in [0.25, 0.3) is 11.3 Å². The standard InChI is InChI=1S/C34H47N7O3/c1-22(30-19-32(39-44-30)41-20-26(21-41)18-25-10-13-35-14-11-25)17-31(42)34(23(2)9-15-36-34)33(43)38-24(3)27-5-7-28(8-6-27)29-12-16-37-40(29)4/h5-8,12,16,19,22-26,35-36H,9-11,13-15,17-18,20-21H2,1-4H3,(H,38,43)/t22?,23?,24-,34+/m0/s1. The molecule has 0 radical (unpaired) electrons. The number of aryl methyl sites for hydroxylation is 1. The zero-order chi connectivity index (χ0) is 30.8. The van der Waals surface area contributed by atoms with E-state index in [1.807, 2.05) is 68.9 Å². The third-order valence-electron chi connectivity index (χ3n) is 10.3. The maximum Gasteiger partial charge on any atom is 0.248 e. The summed E-state index contributed by atoms with van der Waals surface area (Å²) in [7, 11) is 1.92. The second-order valence-corrected chi connectivity index (χ2v) is 13.4. The molecule has 10 heteroatoms. The number of piperidine rings is 1. The van der Waals surface area contributed by atoms with Gasteiger partial charge in [-0.1, -0.05) is 43.3 Å². The summed E-state index contributed by atoms with van der Waals surface area (Å²) in [6.07, 6.45) is 6.59. The van der Waals surface area contributed by atoms with Crippen LogP contribution in [0.5, 0.6) is 0 Å². The Hall–Kier alpha value is -3.50. The molecule has 1 aromatic carbocycles. The van der Waals surface area contributed by atoms with Crippen LogP contribution in [0.3, 0.4) is 0 Å². The molecule has 3 aliphatic heterocycles. The Morgan fingerprint density at radius 3 is 2.48 bits per heavy atom. The van der Waals surface area contributed by atoms with Gasteiger partial charge in [-0.3, -0.25) is 19.6 Å². The van der Waals surface area contributed by atoms with E-state index in [1.165, 1.54) is 19.3 Å². The van der Waals surface area contributed by atoms with E-state index in [9.17, 15) is 9.59 Å². The van der Waals surface area contributed by atoms with Crippen LogP contribution >= 0.6 is 0 Å². The Kier molecular flexibility index (Phi) is 8.91. The summed E-state index contributed by atoms with van der Waals surface area (Å²) in [4.78, 5) is 30.1. The number of carbonyl (C=O) groups excluding carboxylic acids is 2. The molecule has 0 aliphatic carbocycles. The molecule has 2 unspecified atom stereocenters. The van der Waals surface area contributed by atoms with E-state index in [1.54, 1.807) is 6.20 Å². The fourth-order valence-electron chi connectivity index (χ4n) is 7.37. The molecule has 3 fully saturated rings. The maximum absolute atomic E-state index is 14.0. The van der Waals surface area contributed by atoms with Gasteiger partial charge in [-0.15, -0.1) is 0 Å². The number of nitrogens with one attached hydrogen (secondary N) is 3. The van der Waals surface area contributed by atoms with Gasteiger partial charge in [0.2, 0.25) is 5.91 Å². The van der Waals surface area contributed by atoms with Gasteiger partial charge in [0.25, 0.3) is 0 Å². The van der Waals surface area contributed by atoms with Crippen LogP contribution in [0, 0.1) is 17.8 Å². The van der Waals surface area contributed by atoms with E-state index < -0.39 is 5.54 Å². The first-order valence-corrected chi connectivity index (χ1v) is 16.3. The van der Waals surface area contributed by atoms with Crippen molar-refractivity contribution in [1.82, 2.24) is 30.9 Å². The quantitative estimate of drug-likeness (QED) is 0.280. The van der Waals surface area contributed by atoms with E-state index in [4.69, 9.17) is 4.52 Å². The number of ketones is 1. The van der Waals surface area contributed by atoms with Crippen molar-refractivity contribution in [2.24, 2.45) is 24.8 Å². The molecule has 3 N–H and O–H groups in total. The third kappa shape index (κ3) is 6.06. The van der Waals surface area contributed by atoms with Crippen molar-refractivity contribution in [3.05, 3.63) is 53.9 Å². The van der Waals surface area contributed by atoms with E-state index in [0.717, 1.165) is 61.2 Å². The van der Waals surface area contributed by atoms with E-state index in [-0.39, 0.29) is 36.0 Å². The Morgan fingerprint density at radius 2 is 1.82 bits per heavy atom. The van der Waals surface area contributed by atoms with Gasteiger partial charge in [0, 0.05) is 44.7 Å². The minimum atomic E-state index is -1.26. The number of nitrogens with zero attached hydrogens (tertiary/aromatic N) is 4. The highest BCUT2D eigenvalue weighted by molar-refractivity contribution is 6.11. The summed E-state index contributed by atoms with van der Waals surface area (Å²) in [5.41, 5.74) is 1.79. The highest BCUT2D eigenvalue weighted by Gasteiger charge is 2.53. The van der Waals surface area contributed by atoms with Gasteiger partial charge < -0.3 is 20.1 Å². The Labute approximate surface area is 260 Å². The number of hydrogen-bond acceptors (Lipinski definition) is 8. The number of Topliss-reactive ketones (excluding diaryl/α,β-unsaturated/α-hetero) is 1. The number of amides is 1. The van der Waals surface area contributed by atoms with E-state index in [0.29, 0.717) is 18.2 Å². The normalized spacial score (nSPS) is 24.2. The largest absolute Gasteiger partial charge is 0.359 e. The first-order valence-electron chi connectivity index (χ1n) is 16.3. The summed E-state index contributed by atoms with van der Waals surface area (Å²) in [6, 6.07) is 11.8. The summed E-state index contributed by atoms with van der Waals surface area (Å²) in [5, 5.41) is 18.5. The lowest BCUT2D eigenvalue weighted by atomic mass is 9.78. The molecule has 0 spiro atoms. The molecule has 5 heterocycles. The van der Waals surface area contributed by atoms with E-state index in [2.05, 4.69) is 31.1 Å². The number of benzene rings is 1. The summed E-state index contributed by atoms with van der Waals surface area (Å²) >= 11 is 0. The molecule has 2 aromatic heterocycles. The van der Waals surface area contributed by atoms with Crippen molar-refractivity contribution in [3.8, 4) is 11.3 Å². The van der Waals surface area contributed by atoms with Crippen LogP contribution < -0.4 is 20.9 Å². The molecule has 6 rings (SSSR count). The van der Waals surface area contributed by atoms with Gasteiger partial charge in [0.1, 0.15) is 5.76 Å². The summed E-state index contributed by atoms with van der Waals surface area (Å²) in [6.45, 7) is 10.9. The topological polar surface area (TPSA) is 117 Å². The third-order valence-corrected chi connectivity index (χ3v) is 10.3. The summed E-state index contributed by atoms with van der Waals surface area (Å²) < 4.78 is 7.57. The van der Waals surface area contributed by atoms with Crippen LogP contribution in [0.1, 0.15) is 76.2 Å². The van der Waals surface area contributed by atoms with Crippen molar-refractivity contribution in [1.29, 1.82) is 0 Å². The second-order valence-electron chi connectivity index (χ2n) is 13.4. The molecule has 0 saturated carbocycles. The van der Waals surface area contributed by atoms with Gasteiger partial charge in [0.15, 0.2) is 17.1 Å². The highest BCUT2D eigenvalue weighted by Crippen LogP contribution is 2.35. The average molecular weight is 602 g/mol. The van der Waals surface area contributed by atoms with E-state index >= 15 is 0 Å². The number of carbonyl (C=O) groups is 2. The highest BCUT2D eigenvalue weighted by atomic mass is 16.5. The zero-order valence-electron chi connectivity index (χ0n) is 26.5. The molecule has 3 saturated heterocycles. The molecule has 4 atom stereocenters. The average Bonchev–Trinajstić information content (AvgIpc) is 3.75. The van der Waals surface area contributed by atoms with Crippen LogP contribution in [-0.4, -0.2) is 64.9 Å². The fourth-order valence-corrected chi connectivity index (χ4v) is 7.37. The van der Waals surface area contributed by atoms with Crippen LogP contribution in [-0.2, 0) is 16.6 Å². The first-order chi connectivity index (χ1) is 21.2. The number of aromatic nitrogens is 3. The second kappa shape index (κ2) is 12.9. The van der Waals surface area contributed by atoms with Gasteiger partial charge in [-0.2, -0.15) is 5.10 Å². The van der Waals surface area contributed by atoms with Crippen LogP contribution in [0.15, 0.2) is 47.1 Å². The van der Waals surface area contributed by atoms with Gasteiger partial charge >= 0.3 is 0 Å². The van der Waals surface area contributed by atoms with Crippen molar-refractivity contribution in [3.63, 3.8) is 0 Å². The Balaban J connectivity index is 1.06. The fraction of sp³-hybridized carbons (Fsp3) is 0.588. The zero-order valence-corrected chi connectivity index (χ0v) is 26.5. The lowest BCUT2D eigenvalue weighted by molar-refractivity contribution is -0.139. The lowest BCUT2D eigenvalue weighted by Crippen LogP contribution is -2.62. The van der Waals surface area contributed by atoms with Crippen LogP contribution in [0.4, 0.5) is 5.82 Å². The minimum absolute atomic E-state index is 0.102. The Bertz CT molecular complexity index is 1440. The molecule has 3 aromatic rings. The number of rotatable bonds is 11. The molecule has 1 amide bonds. The molecular formula is C34H47N7O3. The SMILES string of the molecule is CC(CC(=O)[C@]1(C(=O)N[C@@H](C)c2ccc(-c3ccnn3C)cc2)NCCC1C)c1cc(N2CC(CC3CCNCC3)C2)no1.